The van der Waals surface area contributed by atoms with Crippen molar-refractivity contribution in [3.05, 3.63) is 0 Å². The van der Waals surface area contributed by atoms with Gasteiger partial charge in [0.2, 0.25) is 10.0 Å². The van der Waals surface area contributed by atoms with Crippen LogP contribution in [0, 0.1) is 0 Å². The van der Waals surface area contributed by atoms with E-state index >= 15 is 0 Å². The Hall–Kier alpha value is -0.210. The number of sulfonamides is 1. The number of piperidine rings is 1. The van der Waals surface area contributed by atoms with Crippen molar-refractivity contribution in [3.8, 4) is 0 Å². The minimum Gasteiger partial charge on any atom is -0.388 e. The van der Waals surface area contributed by atoms with E-state index < -0.39 is 15.6 Å². The average molecular weight is 305 g/mol. The fourth-order valence-corrected chi connectivity index (χ4v) is 3.86. The van der Waals surface area contributed by atoms with Crippen LogP contribution in [0.5, 0.6) is 0 Å². The van der Waals surface area contributed by atoms with Crippen molar-refractivity contribution in [3.63, 3.8) is 0 Å². The number of hydrogen-bond donors (Lipinski definition) is 3. The lowest BCUT2D eigenvalue weighted by molar-refractivity contribution is -0.0157. The van der Waals surface area contributed by atoms with E-state index in [4.69, 9.17) is 0 Å². The predicted octanol–water partition coefficient (Wildman–Crippen LogP) is -0.497. The monoisotopic (exact) mass is 305 g/mol. The van der Waals surface area contributed by atoms with Crippen molar-refractivity contribution in [1.29, 1.82) is 0 Å². The molecule has 6 nitrogen and oxygen atoms in total. The Balaban J connectivity index is 1.68. The van der Waals surface area contributed by atoms with E-state index in [0.29, 0.717) is 13.1 Å². The minimum atomic E-state index is -3.11. The van der Waals surface area contributed by atoms with Gasteiger partial charge in [-0.05, 0) is 39.7 Å². The molecule has 20 heavy (non-hydrogen) atoms. The van der Waals surface area contributed by atoms with Gasteiger partial charge in [-0.25, -0.2) is 13.1 Å². The van der Waals surface area contributed by atoms with E-state index in [2.05, 4.69) is 22.0 Å². The van der Waals surface area contributed by atoms with E-state index in [1.165, 1.54) is 0 Å². The van der Waals surface area contributed by atoms with Crippen LogP contribution in [0.25, 0.3) is 0 Å². The van der Waals surface area contributed by atoms with E-state index in [-0.39, 0.29) is 11.3 Å². The summed E-state index contributed by atoms with van der Waals surface area (Å²) >= 11 is 0. The molecule has 1 unspecified atom stereocenters. The Morgan fingerprint density at radius 3 is 2.50 bits per heavy atom. The molecule has 2 fully saturated rings. The summed E-state index contributed by atoms with van der Waals surface area (Å²) in [6.07, 6.45) is 3.09. The van der Waals surface area contributed by atoms with Crippen LogP contribution < -0.4 is 10.0 Å². The molecule has 118 valence electrons. The molecule has 1 heterocycles. The largest absolute Gasteiger partial charge is 0.388 e. The van der Waals surface area contributed by atoms with Gasteiger partial charge in [0, 0.05) is 32.2 Å². The van der Waals surface area contributed by atoms with Gasteiger partial charge in [-0.3, -0.25) is 0 Å². The van der Waals surface area contributed by atoms with Gasteiger partial charge >= 0.3 is 0 Å². The van der Waals surface area contributed by atoms with Gasteiger partial charge in [0.25, 0.3) is 0 Å². The van der Waals surface area contributed by atoms with Crippen molar-refractivity contribution >= 4 is 10.0 Å². The van der Waals surface area contributed by atoms with Crippen molar-refractivity contribution in [2.75, 3.05) is 33.2 Å². The molecular weight excluding hydrogens is 278 g/mol. The van der Waals surface area contributed by atoms with Gasteiger partial charge in [0.15, 0.2) is 0 Å². The quantitative estimate of drug-likeness (QED) is 0.591. The minimum absolute atomic E-state index is 0.0206. The van der Waals surface area contributed by atoms with Gasteiger partial charge in [-0.2, -0.15) is 0 Å². The van der Waals surface area contributed by atoms with Crippen molar-refractivity contribution in [2.45, 2.75) is 49.5 Å². The molecule has 0 spiro atoms. The molecule has 0 aromatic rings. The Labute approximate surface area is 122 Å². The lowest BCUT2D eigenvalue weighted by atomic mass is 9.91. The number of likely N-dealkylation sites (tertiary alicyclic amines) is 1. The van der Waals surface area contributed by atoms with Gasteiger partial charge in [0.1, 0.15) is 0 Å². The fourth-order valence-electron chi connectivity index (χ4n) is 2.39. The van der Waals surface area contributed by atoms with Crippen LogP contribution in [0.2, 0.25) is 0 Å². The summed E-state index contributed by atoms with van der Waals surface area (Å²) in [6.45, 7) is 4.65. The summed E-state index contributed by atoms with van der Waals surface area (Å²) in [5, 5.41) is 13.5. The third-order valence-corrected chi connectivity index (χ3v) is 6.17. The first-order valence-corrected chi connectivity index (χ1v) is 8.98. The van der Waals surface area contributed by atoms with Crippen LogP contribution in [0.1, 0.15) is 32.6 Å². The summed E-state index contributed by atoms with van der Waals surface area (Å²) in [5.74, 6) is 0. The topological polar surface area (TPSA) is 81.7 Å². The number of rotatable bonds is 7. The molecule has 1 aliphatic heterocycles. The second kappa shape index (κ2) is 6.27. The van der Waals surface area contributed by atoms with Crippen molar-refractivity contribution in [2.24, 2.45) is 0 Å². The molecule has 1 saturated heterocycles. The van der Waals surface area contributed by atoms with Crippen LogP contribution in [0.3, 0.4) is 0 Å². The summed E-state index contributed by atoms with van der Waals surface area (Å²) in [7, 11) is -1.05. The molecule has 3 N–H and O–H groups in total. The van der Waals surface area contributed by atoms with E-state index in [0.717, 1.165) is 38.8 Å². The molecule has 0 aromatic carbocycles. The molecule has 1 aliphatic carbocycles. The molecule has 0 aromatic heterocycles. The third-order valence-electron chi connectivity index (χ3n) is 4.25. The van der Waals surface area contributed by atoms with Gasteiger partial charge < -0.3 is 15.3 Å². The Morgan fingerprint density at radius 2 is 1.95 bits per heavy atom. The highest BCUT2D eigenvalue weighted by Gasteiger charge is 2.35. The first kappa shape index (κ1) is 16.2. The average Bonchev–Trinajstić information content (AvgIpc) is 3.23. The van der Waals surface area contributed by atoms with Crippen molar-refractivity contribution in [1.82, 2.24) is 14.9 Å². The first-order valence-electron chi connectivity index (χ1n) is 7.43. The van der Waals surface area contributed by atoms with E-state index in [1.807, 2.05) is 6.92 Å². The zero-order chi connectivity index (χ0) is 14.8. The molecule has 2 aliphatic rings. The number of nitrogens with zero attached hydrogens (tertiary/aromatic N) is 1. The zero-order valence-electron chi connectivity index (χ0n) is 12.4. The Morgan fingerprint density at radius 1 is 1.35 bits per heavy atom. The highest BCUT2D eigenvalue weighted by Crippen LogP contribution is 2.27. The lowest BCUT2D eigenvalue weighted by Crippen LogP contribution is -2.52. The second-order valence-electron chi connectivity index (χ2n) is 6.40. The van der Waals surface area contributed by atoms with Crippen LogP contribution in [0.4, 0.5) is 0 Å². The highest BCUT2D eigenvalue weighted by atomic mass is 32.2. The summed E-state index contributed by atoms with van der Waals surface area (Å²) in [4.78, 5) is 2.21. The summed E-state index contributed by atoms with van der Waals surface area (Å²) in [6, 6.07) is 0.0206. The number of nitrogens with one attached hydrogen (secondary N) is 2. The molecular formula is C13H27N3O3S. The summed E-state index contributed by atoms with van der Waals surface area (Å²) < 4.78 is 26.1. The number of hydrogen-bond acceptors (Lipinski definition) is 5. The van der Waals surface area contributed by atoms with Gasteiger partial charge in [0.05, 0.1) is 10.9 Å². The third kappa shape index (κ3) is 4.66. The molecule has 0 amide bonds. The van der Waals surface area contributed by atoms with E-state index in [1.54, 1.807) is 0 Å². The predicted molar refractivity (Wildman–Crippen MR) is 79.1 cm³/mol. The van der Waals surface area contributed by atoms with Gasteiger partial charge in [-0.15, -0.1) is 0 Å². The maximum Gasteiger partial charge on any atom is 0.214 e. The fraction of sp³-hybridized carbons (Fsp3) is 1.00. The van der Waals surface area contributed by atoms with Gasteiger partial charge in [-0.1, -0.05) is 0 Å². The van der Waals surface area contributed by atoms with Crippen LogP contribution in [-0.2, 0) is 10.0 Å². The van der Waals surface area contributed by atoms with Crippen LogP contribution in [-0.4, -0.2) is 68.5 Å². The normalized spacial score (nSPS) is 25.6. The standard InChI is InChI=1S/C13H27N3O3S/c1-11(9-15-20(18,19)12-3-4-12)14-10-13(17)5-7-16(2)8-6-13/h11-12,14-15,17H,3-10H2,1-2H3. The van der Waals surface area contributed by atoms with E-state index in [9.17, 15) is 13.5 Å². The van der Waals surface area contributed by atoms with Crippen LogP contribution in [0.15, 0.2) is 0 Å². The molecule has 1 saturated carbocycles. The maximum absolute atomic E-state index is 11.7. The number of aliphatic hydroxyl groups is 1. The van der Waals surface area contributed by atoms with Crippen molar-refractivity contribution < 1.29 is 13.5 Å². The Kier molecular flexibility index (Phi) is 5.07. The highest BCUT2D eigenvalue weighted by molar-refractivity contribution is 7.90. The zero-order valence-corrected chi connectivity index (χ0v) is 13.2. The SMILES string of the molecule is CC(CNS(=O)(=O)C1CC1)NCC1(O)CCN(C)CC1. The molecule has 0 bridgehead atoms. The van der Waals surface area contributed by atoms with Crippen LogP contribution >= 0.6 is 0 Å². The molecule has 7 heteroatoms. The lowest BCUT2D eigenvalue weighted by Gasteiger charge is -2.37. The second-order valence-corrected chi connectivity index (χ2v) is 8.45. The summed E-state index contributed by atoms with van der Waals surface area (Å²) in [5.41, 5.74) is -0.657. The Bertz CT molecular complexity index is 415. The maximum atomic E-state index is 11.7. The molecule has 1 atom stereocenters. The smallest absolute Gasteiger partial charge is 0.214 e. The first-order chi connectivity index (χ1) is 9.31. The molecule has 0 radical (unpaired) electrons. The molecule has 2 rings (SSSR count).